The van der Waals surface area contributed by atoms with E-state index in [0.29, 0.717) is 37.2 Å². The molecule has 6 heteroatoms. The lowest BCUT2D eigenvalue weighted by atomic mass is 10.1. The highest BCUT2D eigenvalue weighted by atomic mass is 32.2. The number of piperidine rings is 1. The molecule has 23 heavy (non-hydrogen) atoms. The Balaban J connectivity index is 1.64. The predicted octanol–water partition coefficient (Wildman–Crippen LogP) is 1.85. The fraction of sp³-hybridized carbons (Fsp3) is 0.588. The van der Waals surface area contributed by atoms with Gasteiger partial charge in [-0.1, -0.05) is 13.0 Å². The number of carbonyl (C=O) groups excluding carboxylic acids is 1. The Labute approximate surface area is 138 Å². The number of benzene rings is 1. The second kappa shape index (κ2) is 6.61. The molecule has 1 aromatic rings. The number of nitrogens with zero attached hydrogens (tertiary/aromatic N) is 1. The summed E-state index contributed by atoms with van der Waals surface area (Å²) in [5, 5.41) is 0. The lowest BCUT2D eigenvalue weighted by molar-refractivity contribution is -0.131. The molecule has 2 aliphatic rings. The van der Waals surface area contributed by atoms with Crippen molar-refractivity contribution in [2.24, 2.45) is 0 Å². The Morgan fingerprint density at radius 1 is 1.22 bits per heavy atom. The van der Waals surface area contributed by atoms with Gasteiger partial charge in [-0.3, -0.25) is 4.79 Å². The second-order valence-electron chi connectivity index (χ2n) is 6.41. The zero-order valence-corrected chi connectivity index (χ0v) is 14.4. The quantitative estimate of drug-likeness (QED) is 0.912. The second-order valence-corrected chi connectivity index (χ2v) is 8.13. The molecule has 1 aliphatic carbocycles. The van der Waals surface area contributed by atoms with E-state index in [9.17, 15) is 13.2 Å². The molecule has 0 atom stereocenters. The number of amides is 1. The van der Waals surface area contributed by atoms with Crippen molar-refractivity contribution in [3.8, 4) is 0 Å². The first-order chi connectivity index (χ1) is 11.0. The molecule has 126 valence electrons. The number of aryl methyl sites for hydroxylation is 2. The van der Waals surface area contributed by atoms with Crippen LogP contribution in [0.2, 0.25) is 0 Å². The number of fused-ring (bicyclic) bond motifs is 1. The van der Waals surface area contributed by atoms with Crippen LogP contribution in [0.3, 0.4) is 0 Å². The van der Waals surface area contributed by atoms with Crippen molar-refractivity contribution < 1.29 is 13.2 Å². The zero-order chi connectivity index (χ0) is 16.4. The molecule has 1 aromatic carbocycles. The van der Waals surface area contributed by atoms with Crippen LogP contribution < -0.4 is 4.72 Å². The van der Waals surface area contributed by atoms with Crippen molar-refractivity contribution >= 4 is 15.9 Å². The van der Waals surface area contributed by atoms with E-state index in [-0.39, 0.29) is 11.9 Å². The van der Waals surface area contributed by atoms with Gasteiger partial charge in [-0.15, -0.1) is 0 Å². The van der Waals surface area contributed by atoms with Crippen molar-refractivity contribution in [1.29, 1.82) is 0 Å². The highest BCUT2D eigenvalue weighted by Gasteiger charge is 2.26. The van der Waals surface area contributed by atoms with Crippen LogP contribution in [0, 0.1) is 0 Å². The standard InChI is InChI=1S/C17H24N2O3S/c1-2-17(20)19-10-8-15(9-11-19)18-23(21,22)16-7-6-13-4-3-5-14(13)12-16/h6-7,12,15,18H,2-5,8-11H2,1H3. The molecule has 3 rings (SSSR count). The van der Waals surface area contributed by atoms with Crippen molar-refractivity contribution in [1.82, 2.24) is 9.62 Å². The third-order valence-electron chi connectivity index (χ3n) is 4.85. The third kappa shape index (κ3) is 3.58. The number of likely N-dealkylation sites (tertiary alicyclic amines) is 1. The number of hydrogen-bond donors (Lipinski definition) is 1. The Kier molecular flexibility index (Phi) is 4.73. The van der Waals surface area contributed by atoms with Crippen LogP contribution in [0.1, 0.15) is 43.7 Å². The Morgan fingerprint density at radius 2 is 1.91 bits per heavy atom. The minimum atomic E-state index is -3.48. The first-order valence-corrected chi connectivity index (χ1v) is 9.90. The molecule has 0 spiro atoms. The molecule has 1 fully saturated rings. The maximum atomic E-state index is 12.6. The van der Waals surface area contributed by atoms with Crippen LogP contribution in [-0.4, -0.2) is 38.4 Å². The van der Waals surface area contributed by atoms with Gasteiger partial charge < -0.3 is 4.90 Å². The number of sulfonamides is 1. The summed E-state index contributed by atoms with van der Waals surface area (Å²) in [7, 11) is -3.48. The van der Waals surface area contributed by atoms with Crippen LogP contribution in [0.5, 0.6) is 0 Å². The predicted molar refractivity (Wildman–Crippen MR) is 88.7 cm³/mol. The summed E-state index contributed by atoms with van der Waals surface area (Å²) in [5.41, 5.74) is 2.44. The highest BCUT2D eigenvalue weighted by Crippen LogP contribution is 2.25. The lowest BCUT2D eigenvalue weighted by Gasteiger charge is -2.32. The van der Waals surface area contributed by atoms with E-state index in [1.54, 1.807) is 6.07 Å². The molecular formula is C17H24N2O3S. The van der Waals surface area contributed by atoms with Gasteiger partial charge in [0.15, 0.2) is 0 Å². The summed E-state index contributed by atoms with van der Waals surface area (Å²) in [4.78, 5) is 13.9. The zero-order valence-electron chi connectivity index (χ0n) is 13.5. The van der Waals surface area contributed by atoms with Crippen LogP contribution in [0.4, 0.5) is 0 Å². The van der Waals surface area contributed by atoms with Gasteiger partial charge in [0.05, 0.1) is 4.90 Å². The van der Waals surface area contributed by atoms with Crippen LogP contribution in [0.15, 0.2) is 23.1 Å². The number of hydrogen-bond acceptors (Lipinski definition) is 3. The summed E-state index contributed by atoms with van der Waals surface area (Å²) in [6, 6.07) is 5.39. The van der Waals surface area contributed by atoms with E-state index in [1.807, 2.05) is 24.0 Å². The van der Waals surface area contributed by atoms with E-state index >= 15 is 0 Å². The normalized spacial score (nSPS) is 18.9. The third-order valence-corrected chi connectivity index (χ3v) is 6.37. The fourth-order valence-corrected chi connectivity index (χ4v) is 4.83. The average molecular weight is 336 g/mol. The molecule has 0 saturated carbocycles. The summed E-state index contributed by atoms with van der Waals surface area (Å²) < 4.78 is 28.0. The number of carbonyl (C=O) groups is 1. The summed E-state index contributed by atoms with van der Waals surface area (Å²) in [6.45, 7) is 3.11. The van der Waals surface area contributed by atoms with Crippen molar-refractivity contribution in [3.63, 3.8) is 0 Å². The van der Waals surface area contributed by atoms with Gasteiger partial charge in [0.1, 0.15) is 0 Å². The van der Waals surface area contributed by atoms with Crippen LogP contribution >= 0.6 is 0 Å². The Morgan fingerprint density at radius 3 is 2.61 bits per heavy atom. The summed E-state index contributed by atoms with van der Waals surface area (Å²) in [6.07, 6.45) is 4.98. The molecule has 1 heterocycles. The minimum Gasteiger partial charge on any atom is -0.343 e. The number of nitrogens with one attached hydrogen (secondary N) is 1. The van der Waals surface area contributed by atoms with Gasteiger partial charge in [-0.2, -0.15) is 0 Å². The van der Waals surface area contributed by atoms with Crippen LogP contribution in [0.25, 0.3) is 0 Å². The molecular weight excluding hydrogens is 312 g/mol. The monoisotopic (exact) mass is 336 g/mol. The average Bonchev–Trinajstić information content (AvgIpc) is 3.02. The van der Waals surface area contributed by atoms with E-state index in [1.165, 1.54) is 5.56 Å². The van der Waals surface area contributed by atoms with E-state index in [4.69, 9.17) is 0 Å². The first-order valence-electron chi connectivity index (χ1n) is 8.41. The molecule has 5 nitrogen and oxygen atoms in total. The van der Waals surface area contributed by atoms with Crippen LogP contribution in [-0.2, 0) is 27.7 Å². The van der Waals surface area contributed by atoms with Crippen molar-refractivity contribution in [2.45, 2.75) is 56.4 Å². The van der Waals surface area contributed by atoms with Crippen molar-refractivity contribution in [2.75, 3.05) is 13.1 Å². The molecule has 0 bridgehead atoms. The molecule has 1 aliphatic heterocycles. The van der Waals surface area contributed by atoms with Gasteiger partial charge >= 0.3 is 0 Å². The highest BCUT2D eigenvalue weighted by molar-refractivity contribution is 7.89. The van der Waals surface area contributed by atoms with Gasteiger partial charge in [0, 0.05) is 25.6 Å². The molecule has 1 N–H and O–H groups in total. The SMILES string of the molecule is CCC(=O)N1CCC(NS(=O)(=O)c2ccc3c(c2)CCC3)CC1. The topological polar surface area (TPSA) is 66.5 Å². The van der Waals surface area contributed by atoms with E-state index in [0.717, 1.165) is 24.8 Å². The van der Waals surface area contributed by atoms with Crippen molar-refractivity contribution in [3.05, 3.63) is 29.3 Å². The largest absolute Gasteiger partial charge is 0.343 e. The Bertz CT molecular complexity index is 692. The smallest absolute Gasteiger partial charge is 0.240 e. The van der Waals surface area contributed by atoms with Gasteiger partial charge in [-0.05, 0) is 55.4 Å². The molecule has 1 saturated heterocycles. The fourth-order valence-electron chi connectivity index (χ4n) is 3.47. The molecule has 0 unspecified atom stereocenters. The molecule has 0 radical (unpaired) electrons. The number of rotatable bonds is 4. The summed E-state index contributed by atoms with van der Waals surface area (Å²) in [5.74, 6) is 0.143. The maximum absolute atomic E-state index is 12.6. The maximum Gasteiger partial charge on any atom is 0.240 e. The van der Waals surface area contributed by atoms with Gasteiger partial charge in [0.25, 0.3) is 0 Å². The lowest BCUT2D eigenvalue weighted by Crippen LogP contribution is -2.46. The Hall–Kier alpha value is -1.40. The first kappa shape index (κ1) is 16.5. The van der Waals surface area contributed by atoms with E-state index < -0.39 is 10.0 Å². The van der Waals surface area contributed by atoms with Gasteiger partial charge in [-0.25, -0.2) is 13.1 Å². The summed E-state index contributed by atoms with van der Waals surface area (Å²) >= 11 is 0. The molecule has 1 amide bonds. The van der Waals surface area contributed by atoms with Gasteiger partial charge in [0.2, 0.25) is 15.9 Å². The molecule has 0 aromatic heterocycles. The van der Waals surface area contributed by atoms with E-state index in [2.05, 4.69) is 4.72 Å². The minimum absolute atomic E-state index is 0.0887.